The third-order valence-corrected chi connectivity index (χ3v) is 4.81. The van der Waals surface area contributed by atoms with Gasteiger partial charge in [-0.1, -0.05) is 18.2 Å². The lowest BCUT2D eigenvalue weighted by Crippen LogP contribution is -2.31. The summed E-state index contributed by atoms with van der Waals surface area (Å²) in [7, 11) is 0. The Morgan fingerprint density at radius 3 is 2.50 bits per heavy atom. The second-order valence-electron chi connectivity index (χ2n) is 6.93. The highest BCUT2D eigenvalue weighted by molar-refractivity contribution is 6.34. The zero-order chi connectivity index (χ0) is 21.1. The fraction of sp³-hybridized carbons (Fsp3) is 0.0870. The topological polar surface area (TPSA) is 111 Å². The summed E-state index contributed by atoms with van der Waals surface area (Å²) in [5, 5.41) is 14.2. The van der Waals surface area contributed by atoms with Gasteiger partial charge in [-0.15, -0.1) is 0 Å². The number of aromatic amines is 1. The number of aromatic nitrogens is 1. The molecule has 1 aliphatic rings. The maximum Gasteiger partial charge on any atom is 0.257 e. The van der Waals surface area contributed by atoms with Gasteiger partial charge in [-0.3, -0.25) is 19.7 Å². The third kappa shape index (κ3) is 4.06. The van der Waals surface area contributed by atoms with Gasteiger partial charge >= 0.3 is 0 Å². The first kappa shape index (κ1) is 19.4. The van der Waals surface area contributed by atoms with Crippen molar-refractivity contribution in [3.8, 4) is 0 Å². The Morgan fingerprint density at radius 1 is 1.03 bits per heavy atom. The number of rotatable bonds is 5. The average Bonchev–Trinajstić information content (AvgIpc) is 3.36. The van der Waals surface area contributed by atoms with Crippen molar-refractivity contribution in [2.75, 3.05) is 5.32 Å². The van der Waals surface area contributed by atoms with Crippen molar-refractivity contribution in [1.29, 1.82) is 0 Å². The molecule has 0 saturated heterocycles. The van der Waals surface area contributed by atoms with E-state index in [1.54, 1.807) is 54.7 Å². The molecule has 3 amide bonds. The van der Waals surface area contributed by atoms with Crippen LogP contribution in [0, 0.1) is 0 Å². The molecule has 0 bridgehead atoms. The van der Waals surface area contributed by atoms with Gasteiger partial charge in [0.25, 0.3) is 11.8 Å². The number of carbonyl (C=O) groups is 3. The number of anilines is 1. The van der Waals surface area contributed by atoms with E-state index in [0.717, 1.165) is 5.69 Å². The molecule has 30 heavy (non-hydrogen) atoms. The van der Waals surface area contributed by atoms with Crippen molar-refractivity contribution in [1.82, 2.24) is 10.3 Å². The molecule has 0 radical (unpaired) electrons. The van der Waals surface area contributed by atoms with E-state index >= 15 is 0 Å². The highest BCUT2D eigenvalue weighted by Crippen LogP contribution is 2.33. The van der Waals surface area contributed by atoms with E-state index in [0.29, 0.717) is 33.5 Å². The minimum absolute atomic E-state index is 0.00227. The lowest BCUT2D eigenvalue weighted by molar-refractivity contribution is -0.119. The third-order valence-electron chi connectivity index (χ3n) is 4.81. The molecule has 0 aliphatic carbocycles. The van der Waals surface area contributed by atoms with Crippen LogP contribution in [-0.2, 0) is 22.6 Å². The summed E-state index contributed by atoms with van der Waals surface area (Å²) in [6, 6.07) is 15.3. The Bertz CT molecular complexity index is 1150. The molecular formula is C23H19N3O4. The van der Waals surface area contributed by atoms with E-state index in [4.69, 9.17) is 5.11 Å². The monoisotopic (exact) mass is 401 g/mol. The number of aliphatic hydroxyl groups is 1. The molecule has 4 N–H and O–H groups in total. The van der Waals surface area contributed by atoms with Crippen LogP contribution in [0.15, 0.2) is 60.8 Å². The molecule has 7 nitrogen and oxygen atoms in total. The van der Waals surface area contributed by atoms with Crippen molar-refractivity contribution in [2.24, 2.45) is 0 Å². The number of fused-ring (bicyclic) bond motifs is 1. The molecule has 1 aromatic heterocycles. The number of hydrogen-bond donors (Lipinski definition) is 4. The number of nitrogens with one attached hydrogen (secondary N) is 3. The number of hydrogen-bond acceptors (Lipinski definition) is 4. The van der Waals surface area contributed by atoms with Crippen LogP contribution in [-0.4, -0.2) is 27.8 Å². The molecule has 2 aromatic carbocycles. The number of aliphatic hydroxyl groups excluding tert-OH is 1. The molecule has 0 fully saturated rings. The van der Waals surface area contributed by atoms with Gasteiger partial charge in [-0.25, -0.2) is 0 Å². The second kappa shape index (κ2) is 8.18. The normalized spacial score (nSPS) is 13.8. The summed E-state index contributed by atoms with van der Waals surface area (Å²) < 4.78 is 0. The van der Waals surface area contributed by atoms with Crippen LogP contribution in [0.25, 0.3) is 11.6 Å². The molecule has 2 heterocycles. The molecule has 7 heteroatoms. The van der Waals surface area contributed by atoms with Gasteiger partial charge < -0.3 is 15.4 Å². The number of imide groups is 1. The van der Waals surface area contributed by atoms with Gasteiger partial charge in [0.2, 0.25) is 5.91 Å². The van der Waals surface area contributed by atoms with E-state index in [1.165, 1.54) is 0 Å². The SMILES string of the molecule is O=C(Cc1ccc2c(c1)/C(=C/c1ccc[nH]1)C(=O)N2)NC(=O)c1ccc(CO)cc1. The molecule has 3 aromatic rings. The Hall–Kier alpha value is -3.97. The van der Waals surface area contributed by atoms with Crippen LogP contribution in [0.3, 0.4) is 0 Å². The number of amides is 3. The van der Waals surface area contributed by atoms with Crippen LogP contribution >= 0.6 is 0 Å². The standard InChI is InChI=1S/C23H19N3O4/c27-13-14-3-6-16(7-4-14)22(29)26-21(28)11-15-5-8-20-18(10-15)19(23(30)25-20)12-17-2-1-9-24-17/h1-10,12,24,27H,11,13H2,(H,25,30)(H,26,28,29)/b19-12-. The maximum absolute atomic E-state index is 12.3. The first-order valence-corrected chi connectivity index (χ1v) is 9.37. The number of H-pyrrole nitrogens is 1. The molecule has 0 saturated carbocycles. The zero-order valence-electron chi connectivity index (χ0n) is 15.9. The summed E-state index contributed by atoms with van der Waals surface area (Å²) in [6.45, 7) is -0.114. The summed E-state index contributed by atoms with van der Waals surface area (Å²) in [5.74, 6) is -1.16. The van der Waals surface area contributed by atoms with E-state index < -0.39 is 11.8 Å². The summed E-state index contributed by atoms with van der Waals surface area (Å²) in [6.07, 6.45) is 3.53. The van der Waals surface area contributed by atoms with Crippen LogP contribution < -0.4 is 10.6 Å². The minimum Gasteiger partial charge on any atom is -0.392 e. The van der Waals surface area contributed by atoms with Crippen molar-refractivity contribution >= 4 is 35.1 Å². The predicted molar refractivity (Wildman–Crippen MR) is 112 cm³/mol. The molecule has 0 spiro atoms. The summed E-state index contributed by atoms with van der Waals surface area (Å²) in [4.78, 5) is 39.9. The molecule has 1 aliphatic heterocycles. The zero-order valence-corrected chi connectivity index (χ0v) is 15.9. The Morgan fingerprint density at radius 2 is 1.80 bits per heavy atom. The van der Waals surface area contributed by atoms with Gasteiger partial charge in [-0.2, -0.15) is 0 Å². The molecule has 0 atom stereocenters. The summed E-state index contributed by atoms with van der Waals surface area (Å²) >= 11 is 0. The van der Waals surface area contributed by atoms with Crippen molar-refractivity contribution in [3.63, 3.8) is 0 Å². The quantitative estimate of drug-likeness (QED) is 0.492. The van der Waals surface area contributed by atoms with E-state index in [9.17, 15) is 14.4 Å². The molecular weight excluding hydrogens is 382 g/mol. The predicted octanol–water partition coefficient (Wildman–Crippen LogP) is 2.50. The van der Waals surface area contributed by atoms with E-state index in [-0.39, 0.29) is 18.9 Å². The van der Waals surface area contributed by atoms with Crippen molar-refractivity contribution < 1.29 is 19.5 Å². The van der Waals surface area contributed by atoms with Gasteiger partial charge in [0.15, 0.2) is 0 Å². The van der Waals surface area contributed by atoms with E-state index in [2.05, 4.69) is 15.6 Å². The lowest BCUT2D eigenvalue weighted by Gasteiger charge is -2.07. The van der Waals surface area contributed by atoms with Crippen LogP contribution in [0.4, 0.5) is 5.69 Å². The van der Waals surface area contributed by atoms with Crippen LogP contribution in [0.1, 0.15) is 32.7 Å². The van der Waals surface area contributed by atoms with Crippen LogP contribution in [0.5, 0.6) is 0 Å². The Kier molecular flexibility index (Phi) is 5.28. The second-order valence-corrected chi connectivity index (χ2v) is 6.93. The smallest absolute Gasteiger partial charge is 0.257 e. The van der Waals surface area contributed by atoms with Gasteiger partial charge in [-0.05, 0) is 53.6 Å². The number of carbonyl (C=O) groups excluding carboxylic acids is 3. The molecule has 0 unspecified atom stereocenters. The summed E-state index contributed by atoms with van der Waals surface area (Å²) in [5.41, 5.74) is 4.41. The highest BCUT2D eigenvalue weighted by atomic mass is 16.3. The Balaban J connectivity index is 1.48. The lowest BCUT2D eigenvalue weighted by atomic mass is 10.0. The minimum atomic E-state index is -0.505. The largest absolute Gasteiger partial charge is 0.392 e. The van der Waals surface area contributed by atoms with Crippen LogP contribution in [0.2, 0.25) is 0 Å². The molecule has 4 rings (SSSR count). The first-order valence-electron chi connectivity index (χ1n) is 9.37. The van der Waals surface area contributed by atoms with Gasteiger partial charge in [0.05, 0.1) is 18.6 Å². The fourth-order valence-electron chi connectivity index (χ4n) is 3.27. The number of benzene rings is 2. The first-order chi connectivity index (χ1) is 14.5. The Labute approximate surface area is 172 Å². The highest BCUT2D eigenvalue weighted by Gasteiger charge is 2.24. The van der Waals surface area contributed by atoms with Gasteiger partial charge in [0, 0.05) is 28.7 Å². The average molecular weight is 401 g/mol. The van der Waals surface area contributed by atoms with Crippen molar-refractivity contribution in [2.45, 2.75) is 13.0 Å². The maximum atomic E-state index is 12.3. The fourth-order valence-corrected chi connectivity index (χ4v) is 3.27. The van der Waals surface area contributed by atoms with Crippen molar-refractivity contribution in [3.05, 3.63) is 88.7 Å². The van der Waals surface area contributed by atoms with Gasteiger partial charge in [0.1, 0.15) is 0 Å². The molecule has 150 valence electrons. The van der Waals surface area contributed by atoms with E-state index in [1.807, 2.05) is 12.1 Å².